The first-order valence-corrected chi connectivity index (χ1v) is 10.6. The van der Waals surface area contributed by atoms with E-state index in [9.17, 15) is 4.55 Å². The Kier molecular flexibility index (Phi) is 6.31. The van der Waals surface area contributed by atoms with E-state index in [1.165, 1.54) is 5.56 Å². The fraction of sp³-hybridized carbons (Fsp3) is 0.318. The monoisotopic (exact) mass is 396 g/mol. The molecule has 5 nitrogen and oxygen atoms in total. The molecular weight excluding hydrogens is 368 g/mol. The average Bonchev–Trinajstić information content (AvgIpc) is 2.93. The normalized spacial score (nSPS) is 12.2. The molecule has 28 heavy (non-hydrogen) atoms. The summed E-state index contributed by atoms with van der Waals surface area (Å²) in [5.74, 6) is 0.537. The van der Waals surface area contributed by atoms with Crippen molar-refractivity contribution in [3.63, 3.8) is 0 Å². The second-order valence-electron chi connectivity index (χ2n) is 7.31. The fourth-order valence-electron chi connectivity index (χ4n) is 2.99. The Balaban J connectivity index is 1.59. The molecule has 2 N–H and O–H groups in total. The van der Waals surface area contributed by atoms with Crippen LogP contribution in [0.3, 0.4) is 0 Å². The third-order valence-electron chi connectivity index (χ3n) is 4.92. The molecule has 0 aliphatic rings. The van der Waals surface area contributed by atoms with Crippen molar-refractivity contribution in [2.24, 2.45) is 7.05 Å². The molecular formula is C22H28N4OS. The largest absolute Gasteiger partial charge is 0.588 e. The van der Waals surface area contributed by atoms with E-state index in [0.29, 0.717) is 5.92 Å². The summed E-state index contributed by atoms with van der Waals surface area (Å²) in [5, 5.41) is 7.78. The lowest BCUT2D eigenvalue weighted by atomic mass is 10.0. The predicted octanol–water partition coefficient (Wildman–Crippen LogP) is 4.91. The first-order chi connectivity index (χ1) is 13.3. The van der Waals surface area contributed by atoms with Gasteiger partial charge in [-0.15, -0.1) is 0 Å². The molecule has 1 aromatic heterocycles. The van der Waals surface area contributed by atoms with Crippen LogP contribution in [0.15, 0.2) is 53.4 Å². The maximum atomic E-state index is 12.7. The van der Waals surface area contributed by atoms with E-state index in [-0.39, 0.29) is 0 Å². The zero-order valence-corrected chi connectivity index (χ0v) is 17.9. The van der Waals surface area contributed by atoms with Gasteiger partial charge in [-0.2, -0.15) is 9.82 Å². The van der Waals surface area contributed by atoms with E-state index < -0.39 is 11.4 Å². The van der Waals surface area contributed by atoms with E-state index in [1.54, 1.807) is 4.68 Å². The predicted molar refractivity (Wildman–Crippen MR) is 117 cm³/mol. The number of nitrogens with zero attached hydrogens (tertiary/aromatic N) is 2. The number of hydrogen-bond acceptors (Lipinski definition) is 4. The molecule has 0 radical (unpaired) electrons. The summed E-state index contributed by atoms with van der Waals surface area (Å²) >= 11 is -1.32. The number of benzene rings is 2. The summed E-state index contributed by atoms with van der Waals surface area (Å²) < 4.78 is 17.5. The highest BCUT2D eigenvalue weighted by Gasteiger charge is 2.17. The van der Waals surface area contributed by atoms with Gasteiger partial charge in [0.1, 0.15) is 17.0 Å². The zero-order valence-electron chi connectivity index (χ0n) is 17.1. The lowest BCUT2D eigenvalue weighted by Crippen LogP contribution is -2.14. The highest BCUT2D eigenvalue weighted by molar-refractivity contribution is 7.92. The van der Waals surface area contributed by atoms with Crippen LogP contribution >= 0.6 is 0 Å². The van der Waals surface area contributed by atoms with E-state index in [0.717, 1.165) is 39.8 Å². The van der Waals surface area contributed by atoms with Gasteiger partial charge >= 0.3 is 0 Å². The SMILES string of the molecule is Cc1nn(C)c(C)c1N[S+]([O-])c1ccc(CNc2ccc(C(C)C)cc2)cc1. The number of hydrogen-bond donors (Lipinski definition) is 2. The molecule has 2 aromatic carbocycles. The molecule has 0 aliphatic carbocycles. The van der Waals surface area contributed by atoms with Gasteiger partial charge in [-0.1, -0.05) is 38.1 Å². The molecule has 0 aliphatic heterocycles. The van der Waals surface area contributed by atoms with Crippen molar-refractivity contribution in [3.05, 3.63) is 71.0 Å². The maximum absolute atomic E-state index is 12.7. The summed E-state index contributed by atoms with van der Waals surface area (Å²) in [4.78, 5) is 0.743. The molecule has 0 saturated carbocycles. The molecule has 6 heteroatoms. The van der Waals surface area contributed by atoms with Crippen LogP contribution < -0.4 is 10.0 Å². The van der Waals surface area contributed by atoms with Crippen molar-refractivity contribution >= 4 is 22.7 Å². The summed E-state index contributed by atoms with van der Waals surface area (Å²) in [6.45, 7) is 8.98. The molecule has 148 valence electrons. The molecule has 1 heterocycles. The van der Waals surface area contributed by atoms with Crippen molar-refractivity contribution in [1.82, 2.24) is 9.78 Å². The smallest absolute Gasteiger partial charge is 0.179 e. The van der Waals surface area contributed by atoms with Crippen molar-refractivity contribution in [1.29, 1.82) is 0 Å². The Morgan fingerprint density at radius 3 is 2.21 bits per heavy atom. The number of aromatic nitrogens is 2. The third kappa shape index (κ3) is 4.69. The van der Waals surface area contributed by atoms with Crippen LogP contribution in [-0.2, 0) is 25.0 Å². The number of rotatable bonds is 7. The van der Waals surface area contributed by atoms with Crippen LogP contribution in [0, 0.1) is 13.8 Å². The second-order valence-corrected chi connectivity index (χ2v) is 8.53. The Bertz CT molecular complexity index is 917. The van der Waals surface area contributed by atoms with Gasteiger partial charge in [0.05, 0.1) is 11.4 Å². The van der Waals surface area contributed by atoms with Crippen LogP contribution in [0.2, 0.25) is 0 Å². The van der Waals surface area contributed by atoms with E-state index in [4.69, 9.17) is 0 Å². The van der Waals surface area contributed by atoms with E-state index >= 15 is 0 Å². The van der Waals surface area contributed by atoms with Crippen LogP contribution in [0.4, 0.5) is 11.4 Å². The number of aryl methyl sites for hydroxylation is 2. The Labute approximate surface area is 170 Å². The average molecular weight is 397 g/mol. The van der Waals surface area contributed by atoms with Gasteiger partial charge in [-0.05, 0) is 55.2 Å². The Hall–Kier alpha value is -2.44. The summed E-state index contributed by atoms with van der Waals surface area (Å²) in [5.41, 5.74) is 6.22. The molecule has 0 fully saturated rings. The van der Waals surface area contributed by atoms with Crippen LogP contribution in [-0.4, -0.2) is 14.3 Å². The fourth-order valence-corrected chi connectivity index (χ4v) is 3.98. The van der Waals surface area contributed by atoms with Gasteiger partial charge in [-0.3, -0.25) is 4.68 Å². The van der Waals surface area contributed by atoms with Gasteiger partial charge in [0.2, 0.25) is 0 Å². The molecule has 0 saturated heterocycles. The highest BCUT2D eigenvalue weighted by Crippen LogP contribution is 2.23. The second kappa shape index (κ2) is 8.71. The van der Waals surface area contributed by atoms with Crippen molar-refractivity contribution < 1.29 is 4.55 Å². The van der Waals surface area contributed by atoms with Crippen molar-refractivity contribution in [3.8, 4) is 0 Å². The molecule has 1 atom stereocenters. The van der Waals surface area contributed by atoms with Gasteiger partial charge in [0.25, 0.3) is 0 Å². The van der Waals surface area contributed by atoms with Crippen molar-refractivity contribution in [2.45, 2.75) is 45.1 Å². The Morgan fingerprint density at radius 1 is 1.04 bits per heavy atom. The maximum Gasteiger partial charge on any atom is 0.179 e. The molecule has 1 unspecified atom stereocenters. The highest BCUT2D eigenvalue weighted by atomic mass is 32.2. The zero-order chi connectivity index (χ0) is 20.3. The van der Waals surface area contributed by atoms with Gasteiger partial charge < -0.3 is 9.87 Å². The topological polar surface area (TPSA) is 64.9 Å². The van der Waals surface area contributed by atoms with Gasteiger partial charge in [-0.25, -0.2) is 0 Å². The lowest BCUT2D eigenvalue weighted by molar-refractivity contribution is 0.600. The first kappa shape index (κ1) is 20.3. The van der Waals surface area contributed by atoms with Crippen molar-refractivity contribution in [2.75, 3.05) is 10.0 Å². The van der Waals surface area contributed by atoms with Crippen LogP contribution in [0.25, 0.3) is 0 Å². The van der Waals surface area contributed by atoms with Gasteiger partial charge in [0.15, 0.2) is 4.90 Å². The quantitative estimate of drug-likeness (QED) is 0.557. The standard InChI is InChI=1S/C22H28N4OS/c1-15(2)19-8-10-20(11-9-19)23-14-18-6-12-21(13-7-18)28(27)25-22-16(3)24-26(5)17(22)4/h6-13,15,23,25H,14H2,1-5H3. The number of nitrogens with one attached hydrogen (secondary N) is 2. The number of anilines is 2. The molecule has 0 bridgehead atoms. The van der Waals surface area contributed by atoms with E-state index in [2.05, 4.69) is 53.3 Å². The van der Waals surface area contributed by atoms with Gasteiger partial charge in [0, 0.05) is 19.3 Å². The molecule has 3 aromatic rings. The van der Waals surface area contributed by atoms with Crippen LogP contribution in [0.1, 0.15) is 42.3 Å². The summed E-state index contributed by atoms with van der Waals surface area (Å²) in [6.07, 6.45) is 0. The third-order valence-corrected chi connectivity index (χ3v) is 6.01. The molecule has 0 spiro atoms. The minimum atomic E-state index is -1.32. The molecule has 0 amide bonds. The summed E-state index contributed by atoms with van der Waals surface area (Å²) in [7, 11) is 1.88. The van der Waals surface area contributed by atoms with Crippen LogP contribution in [0.5, 0.6) is 0 Å². The summed E-state index contributed by atoms with van der Waals surface area (Å²) in [6, 6.07) is 16.4. The minimum absolute atomic E-state index is 0.537. The molecule has 3 rings (SSSR count). The first-order valence-electron chi connectivity index (χ1n) is 9.46. The lowest BCUT2D eigenvalue weighted by Gasteiger charge is -2.13. The minimum Gasteiger partial charge on any atom is -0.588 e. The van der Waals surface area contributed by atoms with E-state index in [1.807, 2.05) is 45.2 Å². The Morgan fingerprint density at radius 2 is 1.68 bits per heavy atom.